The first-order valence-corrected chi connectivity index (χ1v) is 11.5. The Balaban J connectivity index is 1.67. The van der Waals surface area contributed by atoms with Crippen LogP contribution in [0.25, 0.3) is 5.76 Å². The number of nitrogens with zero attached hydrogens (tertiary/aromatic N) is 1. The summed E-state index contributed by atoms with van der Waals surface area (Å²) in [6.45, 7) is 18.4. The molecule has 1 aromatic carbocycles. The molecule has 1 aromatic rings. The van der Waals surface area contributed by atoms with E-state index in [1.807, 2.05) is 72.7 Å². The summed E-state index contributed by atoms with van der Waals surface area (Å²) in [5, 5.41) is 0. The van der Waals surface area contributed by atoms with Gasteiger partial charge < -0.3 is 24.5 Å². The summed E-state index contributed by atoms with van der Waals surface area (Å²) >= 11 is 0. The number of hydrogen-bond acceptors (Lipinski definition) is 6. The Kier molecular flexibility index (Phi) is 6.92. The monoisotopic (exact) mass is 456 g/mol. The van der Waals surface area contributed by atoms with E-state index in [-0.39, 0.29) is 12.1 Å². The van der Waals surface area contributed by atoms with E-state index >= 15 is 0 Å². The largest absolute Gasteiger partial charge is 0.494 e. The number of benzene rings is 1. The van der Waals surface area contributed by atoms with Gasteiger partial charge in [0.2, 0.25) is 0 Å². The van der Waals surface area contributed by atoms with E-state index < -0.39 is 23.9 Å². The van der Waals surface area contributed by atoms with Crippen LogP contribution in [0.15, 0.2) is 42.8 Å². The third kappa shape index (κ3) is 5.56. The van der Waals surface area contributed by atoms with Gasteiger partial charge in [0.05, 0.1) is 17.2 Å². The number of nitrogens with two attached hydrogens (primary N) is 1. The zero-order valence-corrected chi connectivity index (χ0v) is 20.9. The molecule has 8 heteroatoms. The maximum Gasteiger partial charge on any atom is 0.494 e. The Hall–Kier alpha value is -2.45. The van der Waals surface area contributed by atoms with Crippen LogP contribution in [0.4, 0.5) is 4.79 Å². The number of carbonyl (C=O) groups excluding carboxylic acids is 1. The van der Waals surface area contributed by atoms with Gasteiger partial charge >= 0.3 is 13.2 Å². The van der Waals surface area contributed by atoms with E-state index in [0.717, 1.165) is 23.9 Å². The number of amides is 1. The van der Waals surface area contributed by atoms with Crippen LogP contribution in [0.3, 0.4) is 0 Å². The lowest BCUT2D eigenvalue weighted by Crippen LogP contribution is -2.41. The van der Waals surface area contributed by atoms with E-state index in [1.54, 1.807) is 4.90 Å². The van der Waals surface area contributed by atoms with E-state index in [9.17, 15) is 4.79 Å². The lowest BCUT2D eigenvalue weighted by atomic mass is 9.79. The highest BCUT2D eigenvalue weighted by molar-refractivity contribution is 6.62. The molecule has 2 fully saturated rings. The van der Waals surface area contributed by atoms with Crippen LogP contribution in [0.1, 0.15) is 66.9 Å². The summed E-state index contributed by atoms with van der Waals surface area (Å²) in [7, 11) is -0.439. The molecule has 180 valence electrons. The Labute approximate surface area is 198 Å². The fraction of sp³-hybridized carbons (Fsp3) is 0.560. The Morgan fingerprint density at radius 1 is 1.18 bits per heavy atom. The van der Waals surface area contributed by atoms with Crippen LogP contribution in [-0.2, 0) is 18.8 Å². The van der Waals surface area contributed by atoms with Crippen LogP contribution in [0, 0.1) is 0 Å². The standard InChI is InChI=1S/C25H37BN2O5/c1-17(20-10-9-15-28(20)22(29)31-23(2,3)4)30-21(16-27)18-11-13-19(14-12-18)26-32-24(5,6)25(7,8)33-26/h11-14,16,20H,1,9-10,15,27H2,2-8H3/b21-16-. The molecule has 1 amide bonds. The molecule has 2 aliphatic heterocycles. The van der Waals surface area contributed by atoms with Crippen molar-refractivity contribution < 1.29 is 23.6 Å². The molecule has 0 bridgehead atoms. The Morgan fingerprint density at radius 3 is 2.27 bits per heavy atom. The Morgan fingerprint density at radius 2 is 1.76 bits per heavy atom. The van der Waals surface area contributed by atoms with Gasteiger partial charge in [0.25, 0.3) is 0 Å². The van der Waals surface area contributed by atoms with Gasteiger partial charge in [0, 0.05) is 18.3 Å². The molecule has 2 saturated heterocycles. The molecule has 2 N–H and O–H groups in total. The van der Waals surface area contributed by atoms with E-state index in [2.05, 4.69) is 6.58 Å². The van der Waals surface area contributed by atoms with Crippen molar-refractivity contribution in [2.45, 2.75) is 84.2 Å². The number of carbonyl (C=O) groups is 1. The minimum Gasteiger partial charge on any atom is -0.458 e. The molecule has 0 aliphatic carbocycles. The number of ether oxygens (including phenoxy) is 2. The first kappa shape index (κ1) is 25.2. The molecular formula is C25H37BN2O5. The van der Waals surface area contributed by atoms with Gasteiger partial charge in [-0.2, -0.15) is 0 Å². The highest BCUT2D eigenvalue weighted by atomic mass is 16.7. The SMILES string of the molecule is C=C(O/C(=C\N)c1ccc(B2OC(C)(C)C(C)(C)O2)cc1)C1CCCN1C(=O)OC(C)(C)C. The summed E-state index contributed by atoms with van der Waals surface area (Å²) < 4.78 is 23.8. The molecule has 0 saturated carbocycles. The maximum absolute atomic E-state index is 12.6. The van der Waals surface area contributed by atoms with Crippen molar-refractivity contribution in [1.82, 2.24) is 4.90 Å². The highest BCUT2D eigenvalue weighted by Gasteiger charge is 2.51. The molecular weight excluding hydrogens is 419 g/mol. The minimum atomic E-state index is -0.562. The van der Waals surface area contributed by atoms with Crippen LogP contribution in [0.5, 0.6) is 0 Å². The number of hydrogen-bond donors (Lipinski definition) is 1. The second-order valence-corrected chi connectivity index (χ2v) is 10.6. The third-order valence-electron chi connectivity index (χ3n) is 6.37. The zero-order chi connectivity index (χ0) is 24.6. The van der Waals surface area contributed by atoms with Crippen molar-refractivity contribution in [3.8, 4) is 0 Å². The van der Waals surface area contributed by atoms with Crippen LogP contribution in [0.2, 0.25) is 0 Å². The zero-order valence-electron chi connectivity index (χ0n) is 20.9. The van der Waals surface area contributed by atoms with Gasteiger partial charge in [-0.25, -0.2) is 4.79 Å². The topological polar surface area (TPSA) is 83.3 Å². The van der Waals surface area contributed by atoms with Gasteiger partial charge in [-0.1, -0.05) is 30.8 Å². The molecule has 1 atom stereocenters. The van der Waals surface area contributed by atoms with Crippen molar-refractivity contribution in [1.29, 1.82) is 0 Å². The predicted octanol–water partition coefficient (Wildman–Crippen LogP) is 4.17. The first-order valence-electron chi connectivity index (χ1n) is 11.5. The second-order valence-electron chi connectivity index (χ2n) is 10.6. The molecule has 0 radical (unpaired) electrons. The predicted molar refractivity (Wildman–Crippen MR) is 131 cm³/mol. The number of likely N-dealkylation sites (tertiary alicyclic amines) is 1. The summed E-state index contributed by atoms with van der Waals surface area (Å²) in [5.74, 6) is 0.932. The molecule has 2 aliphatic rings. The minimum absolute atomic E-state index is 0.265. The maximum atomic E-state index is 12.6. The van der Waals surface area contributed by atoms with Gasteiger partial charge in [0.15, 0.2) is 0 Å². The van der Waals surface area contributed by atoms with Gasteiger partial charge in [-0.15, -0.1) is 0 Å². The van der Waals surface area contributed by atoms with Gasteiger partial charge in [-0.3, -0.25) is 4.90 Å². The summed E-state index contributed by atoms with van der Waals surface area (Å²) in [6, 6.07) is 7.43. The molecule has 0 spiro atoms. The molecule has 3 rings (SSSR count). The van der Waals surface area contributed by atoms with Crippen LogP contribution in [-0.4, -0.2) is 47.5 Å². The summed E-state index contributed by atoms with van der Waals surface area (Å²) in [6.07, 6.45) is 2.66. The fourth-order valence-corrected chi connectivity index (χ4v) is 3.82. The first-order chi connectivity index (χ1) is 15.2. The van der Waals surface area contributed by atoms with Crippen LogP contribution < -0.4 is 11.2 Å². The second kappa shape index (κ2) is 9.07. The van der Waals surface area contributed by atoms with Crippen LogP contribution >= 0.6 is 0 Å². The molecule has 2 heterocycles. The highest BCUT2D eigenvalue weighted by Crippen LogP contribution is 2.36. The van der Waals surface area contributed by atoms with Crippen molar-refractivity contribution in [3.63, 3.8) is 0 Å². The fourth-order valence-electron chi connectivity index (χ4n) is 3.82. The van der Waals surface area contributed by atoms with Gasteiger partial charge in [0.1, 0.15) is 17.1 Å². The van der Waals surface area contributed by atoms with Crippen molar-refractivity contribution >= 4 is 24.4 Å². The third-order valence-corrected chi connectivity index (χ3v) is 6.37. The molecule has 33 heavy (non-hydrogen) atoms. The average Bonchev–Trinajstić information content (AvgIpc) is 3.27. The molecule has 7 nitrogen and oxygen atoms in total. The normalized spacial score (nSPS) is 22.4. The van der Waals surface area contributed by atoms with E-state index in [0.29, 0.717) is 18.1 Å². The quantitative estimate of drug-likeness (QED) is 0.529. The van der Waals surface area contributed by atoms with Crippen molar-refractivity contribution in [2.75, 3.05) is 6.54 Å². The van der Waals surface area contributed by atoms with E-state index in [1.165, 1.54) is 6.20 Å². The lowest BCUT2D eigenvalue weighted by Gasteiger charge is -2.32. The summed E-state index contributed by atoms with van der Waals surface area (Å²) in [4.78, 5) is 14.3. The smallest absolute Gasteiger partial charge is 0.458 e. The van der Waals surface area contributed by atoms with E-state index in [4.69, 9.17) is 24.5 Å². The number of rotatable bonds is 5. The van der Waals surface area contributed by atoms with Crippen molar-refractivity contribution in [2.24, 2.45) is 5.73 Å². The summed E-state index contributed by atoms with van der Waals surface area (Å²) in [5.41, 5.74) is 6.22. The van der Waals surface area contributed by atoms with Crippen molar-refractivity contribution in [3.05, 3.63) is 48.4 Å². The molecule has 0 aromatic heterocycles. The van der Waals surface area contributed by atoms with Gasteiger partial charge in [-0.05, 0) is 66.8 Å². The average molecular weight is 456 g/mol. The Bertz CT molecular complexity index is 902. The lowest BCUT2D eigenvalue weighted by molar-refractivity contribution is 0.00578. The molecule has 1 unspecified atom stereocenters.